The molecule has 0 aromatic carbocycles. The average molecular weight is 337 g/mol. The Morgan fingerprint density at radius 3 is 2.64 bits per heavy atom. The van der Waals surface area contributed by atoms with Gasteiger partial charge in [-0.15, -0.1) is 0 Å². The number of amides is 1. The van der Waals surface area contributed by atoms with E-state index in [-0.39, 0.29) is 17.4 Å². The number of rotatable bonds is 1. The van der Waals surface area contributed by atoms with Gasteiger partial charge in [-0.25, -0.2) is 0 Å². The number of carbonyl (C=O) groups excluding carboxylic acids is 1. The summed E-state index contributed by atoms with van der Waals surface area (Å²) in [7, 11) is 0. The SMILES string of the molecule is CC(=O)N1C[C@@H]2C[C@H](C1)c1cc(-c3cc(C)cc(C)n3)cc(=O)n1C2. The zero-order valence-corrected chi connectivity index (χ0v) is 15.0. The average Bonchev–Trinajstić information content (AvgIpc) is 2.54. The van der Waals surface area contributed by atoms with Crippen LogP contribution in [0.25, 0.3) is 11.3 Å². The molecule has 0 saturated carbocycles. The molecule has 2 atom stereocenters. The number of hydrogen-bond donors (Lipinski definition) is 0. The first-order valence-corrected chi connectivity index (χ1v) is 8.86. The van der Waals surface area contributed by atoms with Crippen molar-refractivity contribution < 1.29 is 4.79 Å². The van der Waals surface area contributed by atoms with Gasteiger partial charge in [0.1, 0.15) is 0 Å². The number of fused-ring (bicyclic) bond motifs is 4. The van der Waals surface area contributed by atoms with Crippen LogP contribution in [-0.2, 0) is 11.3 Å². The Morgan fingerprint density at radius 1 is 1.12 bits per heavy atom. The highest BCUT2D eigenvalue weighted by atomic mass is 16.2. The summed E-state index contributed by atoms with van der Waals surface area (Å²) >= 11 is 0. The molecule has 1 amide bonds. The van der Waals surface area contributed by atoms with E-state index in [2.05, 4.69) is 11.1 Å². The summed E-state index contributed by atoms with van der Waals surface area (Å²) in [6, 6.07) is 7.86. The molecule has 1 fully saturated rings. The highest BCUT2D eigenvalue weighted by Gasteiger charge is 2.35. The predicted octanol–water partition coefficient (Wildman–Crippen LogP) is 2.49. The molecule has 4 heterocycles. The Kier molecular flexibility index (Phi) is 3.74. The third-order valence-electron chi connectivity index (χ3n) is 5.40. The van der Waals surface area contributed by atoms with Gasteiger partial charge in [-0.05, 0) is 49.9 Å². The Morgan fingerprint density at radius 2 is 1.92 bits per heavy atom. The van der Waals surface area contributed by atoms with E-state index < -0.39 is 0 Å². The van der Waals surface area contributed by atoms with Crippen molar-refractivity contribution in [3.63, 3.8) is 0 Å². The summed E-state index contributed by atoms with van der Waals surface area (Å²) in [4.78, 5) is 31.1. The molecule has 1 saturated heterocycles. The lowest BCUT2D eigenvalue weighted by Gasteiger charge is -2.42. The van der Waals surface area contributed by atoms with Gasteiger partial charge in [-0.2, -0.15) is 0 Å². The Balaban J connectivity index is 1.80. The summed E-state index contributed by atoms with van der Waals surface area (Å²) in [5.41, 5.74) is 4.90. The van der Waals surface area contributed by atoms with Gasteiger partial charge >= 0.3 is 0 Å². The first kappa shape index (κ1) is 16.1. The fraction of sp³-hybridized carbons (Fsp3) is 0.450. The number of hydrogen-bond acceptors (Lipinski definition) is 3. The summed E-state index contributed by atoms with van der Waals surface area (Å²) in [6.07, 6.45) is 1.05. The van der Waals surface area contributed by atoms with Gasteiger partial charge in [0.25, 0.3) is 5.56 Å². The van der Waals surface area contributed by atoms with Gasteiger partial charge in [0.2, 0.25) is 5.91 Å². The summed E-state index contributed by atoms with van der Waals surface area (Å²) in [5, 5.41) is 0. The van der Waals surface area contributed by atoms with Crippen LogP contribution in [0.2, 0.25) is 0 Å². The van der Waals surface area contributed by atoms with E-state index in [1.54, 1.807) is 13.0 Å². The number of aryl methyl sites for hydroxylation is 2. The first-order valence-electron chi connectivity index (χ1n) is 8.86. The lowest BCUT2D eigenvalue weighted by atomic mass is 9.82. The monoisotopic (exact) mass is 337 g/mol. The number of piperidine rings is 1. The van der Waals surface area contributed by atoms with Crippen LogP contribution in [-0.4, -0.2) is 33.4 Å². The van der Waals surface area contributed by atoms with Crippen LogP contribution in [0.1, 0.15) is 36.2 Å². The maximum atomic E-state index is 12.7. The van der Waals surface area contributed by atoms with Crippen LogP contribution in [0, 0.1) is 19.8 Å². The van der Waals surface area contributed by atoms with Crippen LogP contribution < -0.4 is 5.56 Å². The van der Waals surface area contributed by atoms with Gasteiger partial charge in [-0.3, -0.25) is 14.6 Å². The zero-order valence-electron chi connectivity index (χ0n) is 15.0. The van der Waals surface area contributed by atoms with E-state index in [0.717, 1.165) is 41.2 Å². The lowest BCUT2D eigenvalue weighted by Crippen LogP contribution is -2.48. The maximum Gasteiger partial charge on any atom is 0.251 e. The number of likely N-dealkylation sites (tertiary alicyclic amines) is 1. The van der Waals surface area contributed by atoms with E-state index >= 15 is 0 Å². The molecule has 0 aliphatic carbocycles. The second-order valence-electron chi connectivity index (χ2n) is 7.51. The van der Waals surface area contributed by atoms with Gasteiger partial charge in [0, 0.05) is 55.5 Å². The second kappa shape index (κ2) is 5.83. The molecular weight excluding hydrogens is 314 g/mol. The minimum absolute atomic E-state index is 0.0411. The zero-order chi connectivity index (χ0) is 17.7. The smallest absolute Gasteiger partial charge is 0.251 e. The normalized spacial score (nSPS) is 21.8. The molecule has 0 N–H and O–H groups in total. The minimum atomic E-state index is 0.0411. The van der Waals surface area contributed by atoms with Crippen LogP contribution in [0.5, 0.6) is 0 Å². The van der Waals surface area contributed by atoms with Crippen LogP contribution in [0.3, 0.4) is 0 Å². The third kappa shape index (κ3) is 2.88. The molecule has 2 aromatic heterocycles. The van der Waals surface area contributed by atoms with Crippen molar-refractivity contribution in [3.05, 3.63) is 51.6 Å². The predicted molar refractivity (Wildman–Crippen MR) is 96.5 cm³/mol. The van der Waals surface area contributed by atoms with Gasteiger partial charge in [0.05, 0.1) is 5.69 Å². The molecule has 2 aliphatic rings. The van der Waals surface area contributed by atoms with E-state index in [0.29, 0.717) is 19.0 Å². The minimum Gasteiger partial charge on any atom is -0.342 e. The maximum absolute atomic E-state index is 12.7. The topological polar surface area (TPSA) is 55.2 Å². The van der Waals surface area contributed by atoms with E-state index in [1.165, 1.54) is 0 Å². The molecule has 25 heavy (non-hydrogen) atoms. The Hall–Kier alpha value is -2.43. The van der Waals surface area contributed by atoms with Crippen LogP contribution >= 0.6 is 0 Å². The number of carbonyl (C=O) groups is 1. The van der Waals surface area contributed by atoms with Gasteiger partial charge in [-0.1, -0.05) is 0 Å². The Labute approximate surface area is 147 Å². The second-order valence-corrected chi connectivity index (χ2v) is 7.51. The number of pyridine rings is 2. The molecular formula is C20H23N3O2. The lowest BCUT2D eigenvalue weighted by molar-refractivity contribution is -0.131. The van der Waals surface area contributed by atoms with Crippen molar-refractivity contribution in [2.75, 3.05) is 13.1 Å². The first-order chi connectivity index (χ1) is 11.9. The summed E-state index contributed by atoms with van der Waals surface area (Å²) in [5.74, 6) is 0.727. The van der Waals surface area contributed by atoms with Gasteiger partial charge in [0.15, 0.2) is 0 Å². The molecule has 0 unspecified atom stereocenters. The molecule has 5 nitrogen and oxygen atoms in total. The highest BCUT2D eigenvalue weighted by molar-refractivity contribution is 5.73. The van der Waals surface area contributed by atoms with E-state index in [9.17, 15) is 9.59 Å². The molecule has 5 heteroatoms. The molecule has 2 bridgehead atoms. The standard InChI is InChI=1S/C20H23N3O2/c1-12-4-13(2)21-18(5-12)16-7-19-17-6-15(9-22(11-17)14(3)24)10-23(19)20(25)8-16/h4-5,7-8,15,17H,6,9-11H2,1-3H3/t15-,17+/m0/s1. The van der Waals surface area contributed by atoms with Crippen molar-refractivity contribution in [1.29, 1.82) is 0 Å². The van der Waals surface area contributed by atoms with E-state index in [4.69, 9.17) is 0 Å². The number of nitrogens with zero attached hydrogens (tertiary/aromatic N) is 3. The van der Waals surface area contributed by atoms with Crippen molar-refractivity contribution in [3.8, 4) is 11.3 Å². The molecule has 0 radical (unpaired) electrons. The molecule has 130 valence electrons. The van der Waals surface area contributed by atoms with Crippen molar-refractivity contribution in [2.45, 2.75) is 39.7 Å². The van der Waals surface area contributed by atoms with Crippen LogP contribution in [0.15, 0.2) is 29.1 Å². The Bertz CT molecular complexity index is 895. The highest BCUT2D eigenvalue weighted by Crippen LogP contribution is 2.36. The molecule has 2 aliphatic heterocycles. The quantitative estimate of drug-likeness (QED) is 0.803. The largest absolute Gasteiger partial charge is 0.342 e. The fourth-order valence-corrected chi connectivity index (χ4v) is 4.35. The molecule has 0 spiro atoms. The summed E-state index contributed by atoms with van der Waals surface area (Å²) in [6.45, 7) is 7.81. The van der Waals surface area contributed by atoms with Crippen molar-refractivity contribution in [2.24, 2.45) is 5.92 Å². The third-order valence-corrected chi connectivity index (χ3v) is 5.40. The fourth-order valence-electron chi connectivity index (χ4n) is 4.35. The number of aromatic nitrogens is 2. The molecule has 4 rings (SSSR count). The van der Waals surface area contributed by atoms with Crippen molar-refractivity contribution >= 4 is 5.91 Å². The van der Waals surface area contributed by atoms with Crippen molar-refractivity contribution in [1.82, 2.24) is 14.5 Å². The van der Waals surface area contributed by atoms with Crippen LogP contribution in [0.4, 0.5) is 0 Å². The summed E-state index contributed by atoms with van der Waals surface area (Å²) < 4.78 is 1.91. The van der Waals surface area contributed by atoms with Gasteiger partial charge < -0.3 is 9.47 Å². The molecule has 2 aromatic rings. The van der Waals surface area contributed by atoms with E-state index in [1.807, 2.05) is 35.4 Å².